The molecule has 156 valence electrons. The molecule has 0 unspecified atom stereocenters. The van der Waals surface area contributed by atoms with Gasteiger partial charge in [-0.1, -0.05) is 37.3 Å². The van der Waals surface area contributed by atoms with Gasteiger partial charge in [-0.2, -0.15) is 0 Å². The molecular weight excluding hydrogens is 356 g/mol. The summed E-state index contributed by atoms with van der Waals surface area (Å²) in [7, 11) is 1.65. The Morgan fingerprint density at radius 3 is 2.43 bits per heavy atom. The summed E-state index contributed by atoms with van der Waals surface area (Å²) in [5, 5.41) is 9.80. The largest absolute Gasteiger partial charge is 0.497 e. The zero-order valence-corrected chi connectivity index (χ0v) is 17.6. The normalized spacial score (nSPS) is 24.8. The standard InChI is InChI=1S/C23H34O5/c1-7-8-21-22(28-23(4,5)27-21)20(14-9-16(2)17(3)24)26-15-18-10-12-19(25-6)13-11-18/h7,9-14,16-17,20-22,24H,1,8,15H2,2-6H3/b14-9-/t16-,17+,20-,21+,22+/m1/s1. The predicted molar refractivity (Wildman–Crippen MR) is 110 cm³/mol. The highest BCUT2D eigenvalue weighted by atomic mass is 16.8. The van der Waals surface area contributed by atoms with Gasteiger partial charge in [-0.05, 0) is 50.8 Å². The van der Waals surface area contributed by atoms with Gasteiger partial charge in [0.05, 0.1) is 25.9 Å². The van der Waals surface area contributed by atoms with Crippen LogP contribution >= 0.6 is 0 Å². The minimum atomic E-state index is -0.677. The van der Waals surface area contributed by atoms with E-state index in [2.05, 4.69) is 6.58 Å². The smallest absolute Gasteiger partial charge is 0.163 e. The van der Waals surface area contributed by atoms with Crippen LogP contribution in [0.1, 0.15) is 39.7 Å². The third-order valence-corrected chi connectivity index (χ3v) is 4.91. The van der Waals surface area contributed by atoms with E-state index < -0.39 is 11.9 Å². The second kappa shape index (κ2) is 10.2. The van der Waals surface area contributed by atoms with Crippen LogP contribution in [0.3, 0.4) is 0 Å². The van der Waals surface area contributed by atoms with Crippen molar-refractivity contribution < 1.29 is 24.1 Å². The molecule has 2 rings (SSSR count). The second-order valence-corrected chi connectivity index (χ2v) is 7.77. The van der Waals surface area contributed by atoms with Gasteiger partial charge in [0.2, 0.25) is 0 Å². The van der Waals surface area contributed by atoms with Crippen molar-refractivity contribution >= 4 is 0 Å². The minimum Gasteiger partial charge on any atom is -0.497 e. The van der Waals surface area contributed by atoms with E-state index in [9.17, 15) is 5.11 Å². The lowest BCUT2D eigenvalue weighted by Crippen LogP contribution is -2.36. The Morgan fingerprint density at radius 2 is 1.86 bits per heavy atom. The molecule has 0 radical (unpaired) electrons. The van der Waals surface area contributed by atoms with Crippen LogP contribution in [0.5, 0.6) is 5.75 Å². The number of aliphatic hydroxyl groups is 1. The fourth-order valence-electron chi connectivity index (χ4n) is 3.11. The van der Waals surface area contributed by atoms with E-state index in [-0.39, 0.29) is 24.2 Å². The second-order valence-electron chi connectivity index (χ2n) is 7.77. The van der Waals surface area contributed by atoms with E-state index in [0.29, 0.717) is 13.0 Å². The van der Waals surface area contributed by atoms with Crippen LogP contribution in [0.15, 0.2) is 49.1 Å². The molecule has 0 aliphatic carbocycles. The molecule has 5 nitrogen and oxygen atoms in total. The van der Waals surface area contributed by atoms with Crippen molar-refractivity contribution in [1.82, 2.24) is 0 Å². The number of hydrogen-bond donors (Lipinski definition) is 1. The lowest BCUT2D eigenvalue weighted by atomic mass is 10.0. The van der Waals surface area contributed by atoms with Gasteiger partial charge in [-0.15, -0.1) is 6.58 Å². The summed E-state index contributed by atoms with van der Waals surface area (Å²) in [4.78, 5) is 0. The van der Waals surface area contributed by atoms with E-state index in [1.54, 1.807) is 14.0 Å². The zero-order chi connectivity index (χ0) is 20.7. The number of ether oxygens (including phenoxy) is 4. The van der Waals surface area contributed by atoms with Gasteiger partial charge < -0.3 is 24.1 Å². The highest BCUT2D eigenvalue weighted by molar-refractivity contribution is 5.26. The molecule has 0 saturated carbocycles. The third kappa shape index (κ3) is 6.45. The molecule has 5 atom stereocenters. The number of benzene rings is 1. The van der Waals surface area contributed by atoms with Crippen LogP contribution in [0.4, 0.5) is 0 Å². The quantitative estimate of drug-likeness (QED) is 0.605. The van der Waals surface area contributed by atoms with E-state index in [4.69, 9.17) is 18.9 Å². The van der Waals surface area contributed by atoms with Crippen LogP contribution in [-0.2, 0) is 20.8 Å². The van der Waals surface area contributed by atoms with Crippen LogP contribution in [-0.4, -0.2) is 42.4 Å². The number of rotatable bonds is 10. The van der Waals surface area contributed by atoms with Crippen LogP contribution in [0.25, 0.3) is 0 Å². The third-order valence-electron chi connectivity index (χ3n) is 4.91. The molecule has 1 heterocycles. The Balaban J connectivity index is 2.16. The topological polar surface area (TPSA) is 57.2 Å². The summed E-state index contributed by atoms with van der Waals surface area (Å²) in [5.41, 5.74) is 1.04. The molecule has 1 aromatic rings. The molecule has 0 amide bonds. The SMILES string of the molecule is C=CC[C@@H]1OC(C)(C)O[C@H]1[C@@H](/C=C\[C@@H](C)[C@H](C)O)OCc1ccc(OC)cc1. The Morgan fingerprint density at radius 1 is 1.18 bits per heavy atom. The highest BCUT2D eigenvalue weighted by Gasteiger charge is 2.44. The maximum atomic E-state index is 9.80. The molecule has 1 aromatic carbocycles. The van der Waals surface area contributed by atoms with Gasteiger partial charge >= 0.3 is 0 Å². The van der Waals surface area contributed by atoms with Gasteiger partial charge in [0, 0.05) is 0 Å². The van der Waals surface area contributed by atoms with E-state index in [1.165, 1.54) is 0 Å². The number of methoxy groups -OCH3 is 1. The summed E-state index contributed by atoms with van der Waals surface area (Å²) >= 11 is 0. The monoisotopic (exact) mass is 390 g/mol. The van der Waals surface area contributed by atoms with Crippen molar-refractivity contribution in [2.24, 2.45) is 5.92 Å². The Hall–Kier alpha value is -1.66. The van der Waals surface area contributed by atoms with Crippen molar-refractivity contribution in [3.8, 4) is 5.75 Å². The first-order valence-corrected chi connectivity index (χ1v) is 9.83. The van der Waals surface area contributed by atoms with Crippen molar-refractivity contribution in [1.29, 1.82) is 0 Å². The van der Waals surface area contributed by atoms with Gasteiger partial charge in [0.15, 0.2) is 5.79 Å². The molecule has 0 bridgehead atoms. The summed E-state index contributed by atoms with van der Waals surface area (Å²) < 4.78 is 23.7. The molecule has 1 aliphatic heterocycles. The average molecular weight is 391 g/mol. The lowest BCUT2D eigenvalue weighted by Gasteiger charge is -2.25. The van der Waals surface area contributed by atoms with Crippen LogP contribution in [0.2, 0.25) is 0 Å². The molecule has 1 aliphatic rings. The molecule has 1 N–H and O–H groups in total. The molecule has 0 aromatic heterocycles. The van der Waals surface area contributed by atoms with Gasteiger partial charge in [0.1, 0.15) is 18.0 Å². The van der Waals surface area contributed by atoms with Crippen LogP contribution < -0.4 is 4.74 Å². The fraction of sp³-hybridized carbons (Fsp3) is 0.565. The average Bonchev–Trinajstić information content (AvgIpc) is 2.96. The Bertz CT molecular complexity index is 635. The maximum absolute atomic E-state index is 9.80. The van der Waals surface area contributed by atoms with Crippen LogP contribution in [0, 0.1) is 5.92 Å². The molecule has 1 fully saturated rings. The number of hydrogen-bond acceptors (Lipinski definition) is 5. The first-order valence-electron chi connectivity index (χ1n) is 9.83. The Kier molecular flexibility index (Phi) is 8.25. The van der Waals surface area contributed by atoms with Crippen molar-refractivity contribution in [2.75, 3.05) is 7.11 Å². The fourth-order valence-corrected chi connectivity index (χ4v) is 3.11. The van der Waals surface area contributed by atoms with Crippen molar-refractivity contribution in [3.63, 3.8) is 0 Å². The van der Waals surface area contributed by atoms with Gasteiger partial charge in [-0.3, -0.25) is 0 Å². The highest BCUT2D eigenvalue weighted by Crippen LogP contribution is 2.33. The number of aliphatic hydroxyl groups excluding tert-OH is 1. The summed E-state index contributed by atoms with van der Waals surface area (Å²) in [6.07, 6.45) is 5.33. The maximum Gasteiger partial charge on any atom is 0.163 e. The lowest BCUT2D eigenvalue weighted by molar-refractivity contribution is -0.156. The molecule has 28 heavy (non-hydrogen) atoms. The zero-order valence-electron chi connectivity index (χ0n) is 17.6. The first-order chi connectivity index (χ1) is 13.3. The van der Waals surface area contributed by atoms with Gasteiger partial charge in [-0.25, -0.2) is 0 Å². The summed E-state index contributed by atoms with van der Waals surface area (Å²) in [6.45, 7) is 11.8. The summed E-state index contributed by atoms with van der Waals surface area (Å²) in [6, 6.07) is 7.79. The molecule has 0 spiro atoms. The summed E-state index contributed by atoms with van der Waals surface area (Å²) in [5.74, 6) is 0.149. The van der Waals surface area contributed by atoms with Gasteiger partial charge in [0.25, 0.3) is 0 Å². The van der Waals surface area contributed by atoms with Crippen molar-refractivity contribution in [3.05, 3.63) is 54.6 Å². The molecular formula is C23H34O5. The van der Waals surface area contributed by atoms with Crippen molar-refractivity contribution in [2.45, 2.75) is 70.9 Å². The van der Waals surface area contributed by atoms with E-state index in [1.807, 2.05) is 63.3 Å². The van der Waals surface area contributed by atoms with E-state index in [0.717, 1.165) is 11.3 Å². The Labute approximate surface area is 168 Å². The minimum absolute atomic E-state index is 0.0141. The first kappa shape index (κ1) is 22.6. The van der Waals surface area contributed by atoms with E-state index >= 15 is 0 Å². The predicted octanol–water partition coefficient (Wildman–Crippen LogP) is 4.25. The molecule has 5 heteroatoms. The molecule has 1 saturated heterocycles.